The van der Waals surface area contributed by atoms with E-state index in [-0.39, 0.29) is 16.3 Å². The second kappa shape index (κ2) is 6.71. The van der Waals surface area contributed by atoms with Crippen LogP contribution < -0.4 is 9.46 Å². The number of halogens is 1. The molecule has 0 amide bonds. The van der Waals surface area contributed by atoms with Crippen LogP contribution in [0.25, 0.3) is 0 Å². The van der Waals surface area contributed by atoms with E-state index in [9.17, 15) is 18.5 Å². The van der Waals surface area contributed by atoms with Crippen LogP contribution in [0.4, 0.5) is 11.4 Å². The Morgan fingerprint density at radius 2 is 1.91 bits per heavy atom. The highest BCUT2D eigenvalue weighted by Crippen LogP contribution is 2.30. The normalized spacial score (nSPS) is 11.1. The van der Waals surface area contributed by atoms with E-state index < -0.39 is 14.9 Å². The van der Waals surface area contributed by atoms with Crippen molar-refractivity contribution in [2.45, 2.75) is 11.8 Å². The first-order valence-corrected chi connectivity index (χ1v) is 8.92. The average Bonchev–Trinajstić information content (AvgIpc) is 2.49. The van der Waals surface area contributed by atoms with Gasteiger partial charge >= 0.3 is 0 Å². The van der Waals surface area contributed by atoms with Crippen molar-refractivity contribution >= 4 is 44.0 Å². The van der Waals surface area contributed by atoms with E-state index in [2.05, 4.69) is 27.3 Å². The predicted octanol–water partition coefficient (Wildman–Crippen LogP) is 3.32. The molecule has 0 saturated heterocycles. The van der Waals surface area contributed by atoms with Gasteiger partial charge in [-0.1, -0.05) is 0 Å². The Morgan fingerprint density at radius 3 is 2.48 bits per heavy atom. The van der Waals surface area contributed by atoms with Crippen LogP contribution in [0, 0.1) is 20.6 Å². The van der Waals surface area contributed by atoms with Crippen LogP contribution in [0.3, 0.4) is 0 Å². The van der Waals surface area contributed by atoms with Gasteiger partial charge in [0.1, 0.15) is 10.6 Å². The first-order valence-electron chi connectivity index (χ1n) is 6.36. The molecule has 0 spiro atoms. The fraction of sp³-hybridized carbons (Fsp3) is 0.143. The number of nitro groups is 1. The van der Waals surface area contributed by atoms with E-state index in [0.29, 0.717) is 5.69 Å². The third kappa shape index (κ3) is 3.91. The highest BCUT2D eigenvalue weighted by atomic mass is 127. The summed E-state index contributed by atoms with van der Waals surface area (Å²) in [5.41, 5.74) is 0.957. The number of anilines is 1. The number of nitrogens with one attached hydrogen (secondary N) is 1. The lowest BCUT2D eigenvalue weighted by Gasteiger charge is -2.13. The molecule has 9 heteroatoms. The Bertz CT molecular complexity index is 867. The molecule has 1 N–H and O–H groups in total. The molecule has 122 valence electrons. The van der Waals surface area contributed by atoms with Gasteiger partial charge in [-0.25, -0.2) is 8.42 Å². The predicted molar refractivity (Wildman–Crippen MR) is 94.4 cm³/mol. The van der Waals surface area contributed by atoms with E-state index in [4.69, 9.17) is 4.74 Å². The Morgan fingerprint density at radius 1 is 1.22 bits per heavy atom. The number of methoxy groups -OCH3 is 1. The lowest BCUT2D eigenvalue weighted by Crippen LogP contribution is -2.15. The molecule has 0 heterocycles. The third-order valence-electron chi connectivity index (χ3n) is 3.08. The molecule has 0 aliphatic rings. The van der Waals surface area contributed by atoms with Crippen molar-refractivity contribution in [2.75, 3.05) is 11.8 Å². The molecule has 0 atom stereocenters. The SMILES string of the molecule is COc1cc([N+](=O)[O-])ccc1S(=O)(=O)Nc1ccc(I)cc1C. The summed E-state index contributed by atoms with van der Waals surface area (Å²) in [6, 6.07) is 8.63. The smallest absolute Gasteiger partial charge is 0.273 e. The van der Waals surface area contributed by atoms with Crippen LogP contribution >= 0.6 is 22.6 Å². The minimum absolute atomic E-state index is 0.0881. The summed E-state index contributed by atoms with van der Waals surface area (Å²) in [5, 5.41) is 10.8. The molecule has 0 bridgehead atoms. The number of sulfonamides is 1. The largest absolute Gasteiger partial charge is 0.495 e. The van der Waals surface area contributed by atoms with Crippen LogP contribution in [0.5, 0.6) is 5.75 Å². The van der Waals surface area contributed by atoms with Gasteiger partial charge < -0.3 is 4.74 Å². The van der Waals surface area contributed by atoms with Crippen molar-refractivity contribution in [3.63, 3.8) is 0 Å². The minimum Gasteiger partial charge on any atom is -0.495 e. The third-order valence-corrected chi connectivity index (χ3v) is 5.16. The Kier molecular flexibility index (Phi) is 5.09. The van der Waals surface area contributed by atoms with Gasteiger partial charge in [0, 0.05) is 9.64 Å². The Labute approximate surface area is 147 Å². The summed E-state index contributed by atoms with van der Waals surface area (Å²) in [4.78, 5) is 10.0. The number of non-ortho nitro benzene ring substituents is 1. The molecule has 0 aromatic heterocycles. The van der Waals surface area contributed by atoms with E-state index in [0.717, 1.165) is 27.3 Å². The number of benzene rings is 2. The van der Waals surface area contributed by atoms with Gasteiger partial charge in [-0.3, -0.25) is 14.8 Å². The summed E-state index contributed by atoms with van der Waals surface area (Å²) < 4.78 is 33.5. The van der Waals surface area contributed by atoms with Crippen LogP contribution in [-0.2, 0) is 10.0 Å². The highest BCUT2D eigenvalue weighted by Gasteiger charge is 2.23. The van der Waals surface area contributed by atoms with Crippen LogP contribution in [0.1, 0.15) is 5.56 Å². The zero-order valence-corrected chi connectivity index (χ0v) is 15.2. The van der Waals surface area contributed by atoms with Gasteiger partial charge in [0.2, 0.25) is 0 Å². The molecule has 0 unspecified atom stereocenters. The standard InChI is InChI=1S/C14H13IN2O5S/c1-9-7-10(15)3-5-12(9)16-23(20,21)14-6-4-11(17(18)19)8-13(14)22-2/h3-8,16H,1-2H3. The second-order valence-corrected chi connectivity index (χ2v) is 7.55. The number of ether oxygens (including phenoxy) is 1. The van der Waals surface area contributed by atoms with Crippen molar-refractivity contribution in [1.82, 2.24) is 0 Å². The van der Waals surface area contributed by atoms with Gasteiger partial charge in [-0.05, 0) is 59.3 Å². The summed E-state index contributed by atoms with van der Waals surface area (Å²) in [6.45, 7) is 1.78. The average molecular weight is 448 g/mol. The number of hydrogen-bond donors (Lipinski definition) is 1. The minimum atomic E-state index is -3.93. The molecule has 0 radical (unpaired) electrons. The van der Waals surface area contributed by atoms with Crippen LogP contribution in [0.2, 0.25) is 0 Å². The molecule has 2 rings (SSSR count). The Balaban J connectivity index is 2.45. The van der Waals surface area contributed by atoms with Crippen molar-refractivity contribution in [2.24, 2.45) is 0 Å². The van der Waals surface area contributed by atoms with Gasteiger partial charge in [-0.15, -0.1) is 0 Å². The molecule has 0 saturated carbocycles. The highest BCUT2D eigenvalue weighted by molar-refractivity contribution is 14.1. The summed E-state index contributed by atoms with van der Waals surface area (Å²) in [5.74, 6) is -0.0881. The zero-order valence-electron chi connectivity index (χ0n) is 12.2. The topological polar surface area (TPSA) is 98.5 Å². The van der Waals surface area contributed by atoms with Crippen molar-refractivity contribution < 1.29 is 18.1 Å². The quantitative estimate of drug-likeness (QED) is 0.430. The lowest BCUT2D eigenvalue weighted by molar-refractivity contribution is -0.385. The summed E-state index contributed by atoms with van der Waals surface area (Å²) >= 11 is 2.13. The maximum absolute atomic E-state index is 12.5. The fourth-order valence-corrected chi connectivity index (χ4v) is 3.86. The maximum Gasteiger partial charge on any atom is 0.273 e. The van der Waals surface area contributed by atoms with Crippen molar-refractivity contribution in [3.05, 3.63) is 55.6 Å². The molecule has 7 nitrogen and oxygen atoms in total. The first-order chi connectivity index (χ1) is 10.7. The van der Waals surface area contributed by atoms with E-state index in [1.807, 2.05) is 6.07 Å². The van der Waals surface area contributed by atoms with E-state index in [1.54, 1.807) is 19.1 Å². The molecule has 0 aliphatic carbocycles. The molecule has 0 fully saturated rings. The fourth-order valence-electron chi connectivity index (χ4n) is 1.93. The van der Waals surface area contributed by atoms with Gasteiger partial charge in [0.25, 0.3) is 15.7 Å². The summed E-state index contributed by atoms with van der Waals surface area (Å²) in [7, 11) is -2.68. The molecule has 2 aromatic carbocycles. The molecular weight excluding hydrogens is 435 g/mol. The number of nitrogens with zero attached hydrogens (tertiary/aromatic N) is 1. The number of aryl methyl sites for hydroxylation is 1. The molecule has 23 heavy (non-hydrogen) atoms. The number of rotatable bonds is 5. The van der Waals surface area contributed by atoms with Gasteiger partial charge in [0.15, 0.2) is 0 Å². The number of nitro benzene ring substituents is 1. The van der Waals surface area contributed by atoms with Crippen molar-refractivity contribution in [1.29, 1.82) is 0 Å². The van der Waals surface area contributed by atoms with Crippen LogP contribution in [-0.4, -0.2) is 20.5 Å². The van der Waals surface area contributed by atoms with E-state index >= 15 is 0 Å². The monoisotopic (exact) mass is 448 g/mol. The molecule has 0 aliphatic heterocycles. The molecule has 2 aromatic rings. The van der Waals surface area contributed by atoms with E-state index in [1.165, 1.54) is 7.11 Å². The summed E-state index contributed by atoms with van der Waals surface area (Å²) in [6.07, 6.45) is 0. The van der Waals surface area contributed by atoms with Crippen molar-refractivity contribution in [3.8, 4) is 5.75 Å². The molecular formula is C14H13IN2O5S. The van der Waals surface area contributed by atoms with Gasteiger partial charge in [0.05, 0.1) is 23.8 Å². The maximum atomic E-state index is 12.5. The number of hydrogen-bond acceptors (Lipinski definition) is 5. The van der Waals surface area contributed by atoms with Gasteiger partial charge in [-0.2, -0.15) is 0 Å². The van der Waals surface area contributed by atoms with Crippen LogP contribution in [0.15, 0.2) is 41.3 Å². The lowest BCUT2D eigenvalue weighted by atomic mass is 10.2. The Hall–Kier alpha value is -1.88. The zero-order chi connectivity index (χ0) is 17.2. The first kappa shape index (κ1) is 17.5. The second-order valence-electron chi connectivity index (χ2n) is 4.66.